The zero-order valence-electron chi connectivity index (χ0n) is 9.13. The number of nitrogens with one attached hydrogen (secondary N) is 1. The van der Waals surface area contributed by atoms with Gasteiger partial charge in [-0.15, -0.1) is 0 Å². The number of amides is 1. The highest BCUT2D eigenvalue weighted by Gasteiger charge is 2.30. The van der Waals surface area contributed by atoms with E-state index in [1.165, 1.54) is 0 Å². The van der Waals surface area contributed by atoms with Crippen molar-refractivity contribution < 1.29 is 9.53 Å². The number of hydrogen-bond acceptors (Lipinski definition) is 4. The zero-order valence-corrected chi connectivity index (χ0v) is 10.7. The number of rotatable bonds is 1. The van der Waals surface area contributed by atoms with Crippen LogP contribution in [0.1, 0.15) is 11.8 Å². The molecular formula is C12H8BrN3O2. The maximum absolute atomic E-state index is 11.9. The minimum atomic E-state index is -0.735. The maximum Gasteiger partial charge on any atom is 0.273 e. The molecule has 1 N–H and O–H groups in total. The van der Waals surface area contributed by atoms with E-state index in [-0.39, 0.29) is 5.91 Å². The van der Waals surface area contributed by atoms with Gasteiger partial charge < -0.3 is 10.1 Å². The molecule has 3 heterocycles. The Balaban J connectivity index is 1.97. The monoisotopic (exact) mass is 305 g/mol. The van der Waals surface area contributed by atoms with Crippen LogP contribution >= 0.6 is 15.9 Å². The lowest BCUT2D eigenvalue weighted by Gasteiger charge is -2.24. The van der Waals surface area contributed by atoms with Crippen LogP contribution in [0.4, 0.5) is 5.82 Å². The van der Waals surface area contributed by atoms with E-state index in [4.69, 9.17) is 4.74 Å². The number of aromatic nitrogens is 2. The van der Waals surface area contributed by atoms with Crippen LogP contribution in [0.5, 0.6) is 5.75 Å². The number of hydrogen-bond donors (Lipinski definition) is 1. The van der Waals surface area contributed by atoms with E-state index in [9.17, 15) is 4.79 Å². The van der Waals surface area contributed by atoms with Gasteiger partial charge in [-0.3, -0.25) is 9.78 Å². The summed E-state index contributed by atoms with van der Waals surface area (Å²) in [5.74, 6) is 0.682. The van der Waals surface area contributed by atoms with E-state index in [0.717, 1.165) is 0 Å². The number of fused-ring (bicyclic) bond motifs is 1. The Labute approximate surface area is 111 Å². The lowest BCUT2D eigenvalue weighted by molar-refractivity contribution is -0.124. The van der Waals surface area contributed by atoms with Crippen LogP contribution < -0.4 is 10.1 Å². The van der Waals surface area contributed by atoms with Gasteiger partial charge in [0.2, 0.25) is 6.10 Å². The molecule has 0 aliphatic carbocycles. The Hall–Kier alpha value is -1.95. The first-order valence-electron chi connectivity index (χ1n) is 5.29. The second kappa shape index (κ2) is 4.38. The Morgan fingerprint density at radius 1 is 1.28 bits per heavy atom. The summed E-state index contributed by atoms with van der Waals surface area (Å²) in [7, 11) is 0. The Morgan fingerprint density at radius 3 is 2.94 bits per heavy atom. The fourth-order valence-electron chi connectivity index (χ4n) is 1.70. The van der Waals surface area contributed by atoms with Crippen LogP contribution in [0.25, 0.3) is 0 Å². The fourth-order valence-corrected chi connectivity index (χ4v) is 2.01. The van der Waals surface area contributed by atoms with Crippen LogP contribution in [0.15, 0.2) is 41.1 Å². The van der Waals surface area contributed by atoms with Gasteiger partial charge in [0.25, 0.3) is 5.91 Å². The molecule has 90 valence electrons. The molecule has 0 aromatic carbocycles. The number of nitrogens with zero attached hydrogens (tertiary/aromatic N) is 2. The van der Waals surface area contributed by atoms with Gasteiger partial charge >= 0.3 is 0 Å². The molecule has 1 aliphatic rings. The molecule has 1 aliphatic heterocycles. The minimum absolute atomic E-state index is 0.271. The minimum Gasteiger partial charge on any atom is -0.470 e. The lowest BCUT2D eigenvalue weighted by atomic mass is 10.2. The smallest absolute Gasteiger partial charge is 0.273 e. The number of pyridine rings is 2. The molecule has 0 fully saturated rings. The van der Waals surface area contributed by atoms with Crippen molar-refractivity contribution >= 4 is 27.7 Å². The fraction of sp³-hybridized carbons (Fsp3) is 0.0833. The standard InChI is InChI=1S/C12H8BrN3O2/c13-9-5-4-8-11(15-9)16-12(17)10(18-8)7-3-1-2-6-14-7/h1-6,10H,(H,15,16,17). The van der Waals surface area contributed by atoms with E-state index in [2.05, 4.69) is 31.2 Å². The largest absolute Gasteiger partial charge is 0.470 e. The molecule has 0 bridgehead atoms. The number of ether oxygens (including phenoxy) is 1. The summed E-state index contributed by atoms with van der Waals surface area (Å²) in [5, 5.41) is 2.70. The predicted octanol–water partition coefficient (Wildman–Crippen LogP) is 2.31. The molecule has 1 unspecified atom stereocenters. The van der Waals surface area contributed by atoms with Gasteiger partial charge in [0.05, 0.1) is 5.69 Å². The second-order valence-corrected chi connectivity index (χ2v) is 4.53. The molecule has 2 aromatic rings. The Bertz CT molecular complexity index is 604. The molecule has 3 rings (SSSR count). The third-order valence-corrected chi connectivity index (χ3v) is 2.95. The van der Waals surface area contributed by atoms with Crippen molar-refractivity contribution in [1.82, 2.24) is 9.97 Å². The second-order valence-electron chi connectivity index (χ2n) is 3.72. The quantitative estimate of drug-likeness (QED) is 0.821. The number of anilines is 1. The summed E-state index contributed by atoms with van der Waals surface area (Å²) >= 11 is 3.24. The normalized spacial score (nSPS) is 17.6. The van der Waals surface area contributed by atoms with Gasteiger partial charge in [-0.25, -0.2) is 4.98 Å². The number of carbonyl (C=O) groups is 1. The maximum atomic E-state index is 11.9. The van der Waals surface area contributed by atoms with Crippen LogP contribution in [-0.2, 0) is 4.79 Å². The van der Waals surface area contributed by atoms with E-state index in [1.54, 1.807) is 30.5 Å². The summed E-state index contributed by atoms with van der Waals surface area (Å²) in [4.78, 5) is 20.2. The molecule has 1 atom stereocenters. The van der Waals surface area contributed by atoms with Crippen LogP contribution in [0, 0.1) is 0 Å². The average Bonchev–Trinajstić information content (AvgIpc) is 2.39. The molecular weight excluding hydrogens is 298 g/mol. The Kier molecular flexibility index (Phi) is 2.71. The highest BCUT2D eigenvalue weighted by molar-refractivity contribution is 9.10. The van der Waals surface area contributed by atoms with E-state index in [1.807, 2.05) is 6.07 Å². The average molecular weight is 306 g/mol. The predicted molar refractivity (Wildman–Crippen MR) is 68.2 cm³/mol. The van der Waals surface area contributed by atoms with Crippen molar-refractivity contribution in [2.24, 2.45) is 0 Å². The first-order valence-corrected chi connectivity index (χ1v) is 6.08. The molecule has 0 saturated heterocycles. The summed E-state index contributed by atoms with van der Waals surface area (Å²) in [6.45, 7) is 0. The van der Waals surface area contributed by atoms with E-state index in [0.29, 0.717) is 21.9 Å². The van der Waals surface area contributed by atoms with Gasteiger partial charge in [0.1, 0.15) is 4.60 Å². The SMILES string of the molecule is O=C1Nc2nc(Br)ccc2OC1c1ccccn1. The number of carbonyl (C=O) groups excluding carboxylic acids is 1. The van der Waals surface area contributed by atoms with Crippen molar-refractivity contribution in [1.29, 1.82) is 0 Å². The molecule has 0 saturated carbocycles. The molecule has 1 amide bonds. The van der Waals surface area contributed by atoms with Crippen LogP contribution in [0.2, 0.25) is 0 Å². The van der Waals surface area contributed by atoms with E-state index < -0.39 is 6.10 Å². The number of halogens is 1. The van der Waals surface area contributed by atoms with Gasteiger partial charge in [0.15, 0.2) is 11.6 Å². The third kappa shape index (κ3) is 1.95. The first-order chi connectivity index (χ1) is 8.74. The van der Waals surface area contributed by atoms with Crippen molar-refractivity contribution in [3.63, 3.8) is 0 Å². The summed E-state index contributed by atoms with van der Waals surface area (Å²) in [5.41, 5.74) is 0.573. The van der Waals surface area contributed by atoms with Gasteiger partial charge in [-0.2, -0.15) is 0 Å². The van der Waals surface area contributed by atoms with E-state index >= 15 is 0 Å². The molecule has 6 heteroatoms. The van der Waals surface area contributed by atoms with Crippen molar-refractivity contribution in [3.05, 3.63) is 46.8 Å². The van der Waals surface area contributed by atoms with Crippen LogP contribution in [-0.4, -0.2) is 15.9 Å². The van der Waals surface area contributed by atoms with Gasteiger partial charge in [-0.05, 0) is 40.2 Å². The highest BCUT2D eigenvalue weighted by atomic mass is 79.9. The van der Waals surface area contributed by atoms with Crippen molar-refractivity contribution in [3.8, 4) is 5.75 Å². The van der Waals surface area contributed by atoms with Crippen molar-refractivity contribution in [2.75, 3.05) is 5.32 Å². The summed E-state index contributed by atoms with van der Waals surface area (Å²) < 4.78 is 6.27. The van der Waals surface area contributed by atoms with Gasteiger partial charge in [-0.1, -0.05) is 6.07 Å². The molecule has 0 radical (unpaired) electrons. The molecule has 5 nitrogen and oxygen atoms in total. The van der Waals surface area contributed by atoms with Crippen molar-refractivity contribution in [2.45, 2.75) is 6.10 Å². The third-order valence-electron chi connectivity index (χ3n) is 2.51. The summed E-state index contributed by atoms with van der Waals surface area (Å²) in [6, 6.07) is 8.86. The van der Waals surface area contributed by atoms with Gasteiger partial charge in [0, 0.05) is 6.20 Å². The first kappa shape index (κ1) is 11.2. The molecule has 18 heavy (non-hydrogen) atoms. The Morgan fingerprint density at radius 2 is 2.17 bits per heavy atom. The zero-order chi connectivity index (χ0) is 12.5. The molecule has 0 spiro atoms. The molecule has 2 aromatic heterocycles. The van der Waals surface area contributed by atoms with Crippen LogP contribution in [0.3, 0.4) is 0 Å². The summed E-state index contributed by atoms with van der Waals surface area (Å²) in [6.07, 6.45) is 0.892. The topological polar surface area (TPSA) is 64.1 Å². The lowest BCUT2D eigenvalue weighted by Crippen LogP contribution is -2.31. The highest BCUT2D eigenvalue weighted by Crippen LogP contribution is 2.33.